The average Bonchev–Trinajstić information content (AvgIpc) is 3.20. The highest BCUT2D eigenvalue weighted by Gasteiger charge is 2.36. The van der Waals surface area contributed by atoms with E-state index in [0.717, 1.165) is 21.7 Å². The number of rotatable bonds is 3. The van der Waals surface area contributed by atoms with Gasteiger partial charge in [-0.3, -0.25) is 14.7 Å². The number of carbonyl (C=O) groups excluding carboxylic acids is 2. The number of halogens is 1. The maximum atomic E-state index is 13.0. The molecule has 1 atom stereocenters. The lowest BCUT2D eigenvalue weighted by molar-refractivity contribution is -0.116. The summed E-state index contributed by atoms with van der Waals surface area (Å²) in [4.78, 5) is 26.8. The summed E-state index contributed by atoms with van der Waals surface area (Å²) in [7, 11) is 0. The number of anilines is 1. The Morgan fingerprint density at radius 3 is 2.68 bits per heavy atom. The van der Waals surface area contributed by atoms with Crippen LogP contribution in [-0.2, 0) is 4.79 Å². The van der Waals surface area contributed by atoms with Gasteiger partial charge in [0.25, 0.3) is 0 Å². The molecule has 25 heavy (non-hydrogen) atoms. The zero-order valence-corrected chi connectivity index (χ0v) is 14.9. The van der Waals surface area contributed by atoms with Crippen molar-refractivity contribution in [2.75, 3.05) is 5.32 Å². The van der Waals surface area contributed by atoms with Crippen molar-refractivity contribution in [3.63, 3.8) is 0 Å². The molecular weight excluding hydrogens is 358 g/mol. The number of aryl methyl sites for hydroxylation is 1. The molecule has 1 amide bonds. The summed E-state index contributed by atoms with van der Waals surface area (Å²) in [5.74, 6) is -0.377. The van der Waals surface area contributed by atoms with Gasteiger partial charge in [-0.05, 0) is 31.2 Å². The fourth-order valence-corrected chi connectivity index (χ4v) is 4.04. The molecule has 2 N–H and O–H groups in total. The highest BCUT2D eigenvalue weighted by Crippen LogP contribution is 2.40. The standard InChI is InChI=1S/C18H14ClN3O2S/c1-9-2-7-13(25-9)17(24)12-8-14(23)20-18-15(12)16(21-22-18)10-3-5-11(19)6-4-10/h2-7,12H,8H2,1H3,(H2,20,21,22,23)/t12-/m0/s1. The van der Waals surface area contributed by atoms with Gasteiger partial charge in [0.05, 0.1) is 16.5 Å². The van der Waals surface area contributed by atoms with Gasteiger partial charge in [0, 0.05) is 27.4 Å². The number of Topliss-reactive ketones (excluding diaryl/α,β-unsaturated/α-hetero) is 1. The van der Waals surface area contributed by atoms with Gasteiger partial charge in [0.15, 0.2) is 11.6 Å². The van der Waals surface area contributed by atoms with E-state index >= 15 is 0 Å². The molecule has 0 saturated heterocycles. The summed E-state index contributed by atoms with van der Waals surface area (Å²) in [5.41, 5.74) is 2.34. The van der Waals surface area contributed by atoms with Crippen LogP contribution in [0, 0.1) is 6.92 Å². The van der Waals surface area contributed by atoms with E-state index in [2.05, 4.69) is 15.5 Å². The Balaban J connectivity index is 1.81. The summed E-state index contributed by atoms with van der Waals surface area (Å²) in [6, 6.07) is 11.0. The van der Waals surface area contributed by atoms with Crippen LogP contribution in [0.5, 0.6) is 0 Å². The number of aromatic amines is 1. The molecule has 0 radical (unpaired) electrons. The van der Waals surface area contributed by atoms with Crippen molar-refractivity contribution in [2.45, 2.75) is 19.3 Å². The van der Waals surface area contributed by atoms with Crippen molar-refractivity contribution in [1.29, 1.82) is 0 Å². The molecule has 0 aliphatic carbocycles. The summed E-state index contributed by atoms with van der Waals surface area (Å²) in [5, 5.41) is 10.5. The van der Waals surface area contributed by atoms with E-state index in [0.29, 0.717) is 15.7 Å². The van der Waals surface area contributed by atoms with Crippen molar-refractivity contribution in [1.82, 2.24) is 10.2 Å². The van der Waals surface area contributed by atoms with Crippen LogP contribution in [0.3, 0.4) is 0 Å². The molecule has 0 fully saturated rings. The summed E-state index contributed by atoms with van der Waals surface area (Å²) in [6.07, 6.45) is 0.114. The molecule has 2 aromatic heterocycles. The number of fused-ring (bicyclic) bond motifs is 1. The third-order valence-electron chi connectivity index (χ3n) is 4.23. The molecule has 5 nitrogen and oxygen atoms in total. The van der Waals surface area contributed by atoms with Gasteiger partial charge in [-0.1, -0.05) is 23.7 Å². The van der Waals surface area contributed by atoms with Gasteiger partial charge in [0.1, 0.15) is 0 Å². The maximum absolute atomic E-state index is 13.0. The molecule has 0 bridgehead atoms. The first-order valence-electron chi connectivity index (χ1n) is 7.77. The lowest BCUT2D eigenvalue weighted by atomic mass is 9.86. The second-order valence-electron chi connectivity index (χ2n) is 5.95. The molecule has 0 spiro atoms. The van der Waals surface area contributed by atoms with Crippen LogP contribution >= 0.6 is 22.9 Å². The van der Waals surface area contributed by atoms with Crippen molar-refractivity contribution in [3.05, 3.63) is 56.7 Å². The Morgan fingerprint density at radius 2 is 2.00 bits per heavy atom. The van der Waals surface area contributed by atoms with E-state index in [1.165, 1.54) is 11.3 Å². The van der Waals surface area contributed by atoms with Gasteiger partial charge in [0.2, 0.25) is 5.91 Å². The van der Waals surface area contributed by atoms with Crippen LogP contribution in [0.15, 0.2) is 36.4 Å². The molecule has 4 rings (SSSR count). The van der Waals surface area contributed by atoms with Gasteiger partial charge < -0.3 is 5.32 Å². The first-order chi connectivity index (χ1) is 12.0. The number of hydrogen-bond donors (Lipinski definition) is 2. The first kappa shape index (κ1) is 16.1. The Labute approximate surface area is 153 Å². The van der Waals surface area contributed by atoms with Crippen molar-refractivity contribution in [2.24, 2.45) is 0 Å². The number of nitrogens with zero attached hydrogens (tertiary/aromatic N) is 1. The molecule has 1 aliphatic rings. The smallest absolute Gasteiger partial charge is 0.226 e. The molecule has 3 heterocycles. The van der Waals surface area contributed by atoms with Crippen LogP contribution in [0.1, 0.15) is 32.5 Å². The zero-order chi connectivity index (χ0) is 17.6. The van der Waals surface area contributed by atoms with Crippen LogP contribution in [0.2, 0.25) is 5.02 Å². The monoisotopic (exact) mass is 371 g/mol. The third-order valence-corrected chi connectivity index (χ3v) is 5.50. The predicted octanol–water partition coefficient (Wildman–Crippen LogP) is 4.41. The molecular formula is C18H14ClN3O2S. The topological polar surface area (TPSA) is 74.8 Å². The largest absolute Gasteiger partial charge is 0.309 e. The molecule has 0 unspecified atom stereocenters. The molecule has 3 aromatic rings. The molecule has 0 saturated carbocycles. The third kappa shape index (κ3) is 2.88. The van der Waals surface area contributed by atoms with Gasteiger partial charge >= 0.3 is 0 Å². The van der Waals surface area contributed by atoms with Crippen molar-refractivity contribution < 1.29 is 9.59 Å². The van der Waals surface area contributed by atoms with E-state index in [4.69, 9.17) is 11.6 Å². The Bertz CT molecular complexity index is 975. The minimum Gasteiger partial charge on any atom is -0.309 e. The van der Waals surface area contributed by atoms with Crippen molar-refractivity contribution >= 4 is 40.4 Å². The minimum atomic E-state index is -0.550. The van der Waals surface area contributed by atoms with E-state index in [9.17, 15) is 9.59 Å². The van der Waals surface area contributed by atoms with Gasteiger partial charge in [-0.15, -0.1) is 11.3 Å². The maximum Gasteiger partial charge on any atom is 0.226 e. The average molecular weight is 372 g/mol. The number of hydrogen-bond acceptors (Lipinski definition) is 4. The number of amides is 1. The second-order valence-corrected chi connectivity index (χ2v) is 7.67. The van der Waals surface area contributed by atoms with Crippen LogP contribution in [0.4, 0.5) is 5.82 Å². The van der Waals surface area contributed by atoms with E-state index in [-0.39, 0.29) is 18.1 Å². The quantitative estimate of drug-likeness (QED) is 0.669. The first-order valence-corrected chi connectivity index (χ1v) is 8.97. The number of benzene rings is 1. The number of ketones is 1. The van der Waals surface area contributed by atoms with Crippen LogP contribution < -0.4 is 5.32 Å². The lowest BCUT2D eigenvalue weighted by Crippen LogP contribution is -2.27. The minimum absolute atomic E-state index is 0.0502. The number of nitrogens with one attached hydrogen (secondary N) is 2. The number of H-pyrrole nitrogens is 1. The highest BCUT2D eigenvalue weighted by atomic mass is 35.5. The van der Waals surface area contributed by atoms with E-state index < -0.39 is 5.92 Å². The lowest BCUT2D eigenvalue weighted by Gasteiger charge is -2.21. The Morgan fingerprint density at radius 1 is 1.24 bits per heavy atom. The Hall–Kier alpha value is -2.44. The fourth-order valence-electron chi connectivity index (χ4n) is 3.05. The fraction of sp³-hybridized carbons (Fsp3) is 0.167. The van der Waals surface area contributed by atoms with E-state index in [1.807, 2.05) is 31.2 Å². The molecule has 126 valence electrons. The summed E-state index contributed by atoms with van der Waals surface area (Å²) in [6.45, 7) is 1.96. The predicted molar refractivity (Wildman–Crippen MR) is 98.4 cm³/mol. The molecule has 1 aromatic carbocycles. The SMILES string of the molecule is Cc1ccc(C(=O)[C@H]2CC(=O)Nc3n[nH]c(-c4ccc(Cl)cc4)c32)s1. The van der Waals surface area contributed by atoms with Crippen molar-refractivity contribution in [3.8, 4) is 11.3 Å². The van der Waals surface area contributed by atoms with E-state index in [1.54, 1.807) is 12.1 Å². The van der Waals surface area contributed by atoms with Crippen LogP contribution in [-0.4, -0.2) is 21.9 Å². The molecule has 7 heteroatoms. The number of carbonyl (C=O) groups is 2. The summed E-state index contributed by atoms with van der Waals surface area (Å²) < 4.78 is 0. The van der Waals surface area contributed by atoms with Gasteiger partial charge in [-0.2, -0.15) is 5.10 Å². The normalized spacial score (nSPS) is 16.4. The Kier molecular flexibility index (Phi) is 3.94. The second kappa shape index (κ2) is 6.13. The highest BCUT2D eigenvalue weighted by molar-refractivity contribution is 7.14. The molecule has 1 aliphatic heterocycles. The number of aromatic nitrogens is 2. The number of thiophene rings is 1. The van der Waals surface area contributed by atoms with Gasteiger partial charge in [-0.25, -0.2) is 0 Å². The van der Waals surface area contributed by atoms with Crippen LogP contribution in [0.25, 0.3) is 11.3 Å². The summed E-state index contributed by atoms with van der Waals surface area (Å²) >= 11 is 7.40. The zero-order valence-electron chi connectivity index (χ0n) is 13.3.